The molecule has 0 aliphatic carbocycles. The Morgan fingerprint density at radius 1 is 1.03 bits per heavy atom. The van der Waals surface area contributed by atoms with Gasteiger partial charge in [0.1, 0.15) is 4.90 Å². The van der Waals surface area contributed by atoms with Crippen molar-refractivity contribution in [3.05, 3.63) is 60.8 Å². The van der Waals surface area contributed by atoms with Crippen LogP contribution in [0.15, 0.2) is 65.7 Å². The van der Waals surface area contributed by atoms with E-state index >= 15 is 0 Å². The molecule has 0 bridgehead atoms. The number of nitrogens with zero attached hydrogens (tertiary/aromatic N) is 2. The zero-order valence-electron chi connectivity index (χ0n) is 15.2. The number of aliphatic hydroxyl groups excluding tert-OH is 1. The van der Waals surface area contributed by atoms with Crippen LogP contribution in [0.25, 0.3) is 10.9 Å². The van der Waals surface area contributed by atoms with Crippen molar-refractivity contribution in [2.45, 2.75) is 17.0 Å². The van der Waals surface area contributed by atoms with Crippen LogP contribution in [0.2, 0.25) is 0 Å². The van der Waals surface area contributed by atoms with Gasteiger partial charge in [-0.05, 0) is 36.4 Å². The largest absolute Gasteiger partial charge is 0.399 e. The first-order chi connectivity index (χ1) is 13.7. The van der Waals surface area contributed by atoms with Crippen molar-refractivity contribution in [2.75, 3.05) is 21.5 Å². The van der Waals surface area contributed by atoms with Crippen LogP contribution in [-0.4, -0.2) is 50.6 Å². The number of nitrogens with two attached hydrogens (primary N) is 1. The summed E-state index contributed by atoms with van der Waals surface area (Å²) >= 11 is 0. The van der Waals surface area contributed by atoms with Gasteiger partial charge in [0.2, 0.25) is 0 Å². The van der Waals surface area contributed by atoms with Gasteiger partial charge in [-0.15, -0.1) is 0 Å². The molecule has 2 heterocycles. The van der Waals surface area contributed by atoms with Crippen LogP contribution in [0.4, 0.5) is 11.4 Å². The van der Waals surface area contributed by atoms with Gasteiger partial charge in [-0.25, -0.2) is 16.8 Å². The molecule has 0 amide bonds. The van der Waals surface area contributed by atoms with E-state index in [1.165, 1.54) is 36.5 Å². The van der Waals surface area contributed by atoms with E-state index in [-0.39, 0.29) is 16.1 Å². The smallest absolute Gasteiger partial charge is 0.266 e. The van der Waals surface area contributed by atoms with E-state index < -0.39 is 43.5 Å². The predicted octanol–water partition coefficient (Wildman–Crippen LogP) is 1.17. The highest BCUT2D eigenvalue weighted by Crippen LogP contribution is 2.33. The van der Waals surface area contributed by atoms with Crippen LogP contribution in [-0.2, 0) is 19.9 Å². The average Bonchev–Trinajstić information content (AvgIpc) is 2.95. The summed E-state index contributed by atoms with van der Waals surface area (Å²) in [4.78, 5) is 4.14. The van der Waals surface area contributed by atoms with Gasteiger partial charge >= 0.3 is 0 Å². The molecule has 0 unspecified atom stereocenters. The minimum absolute atomic E-state index is 0.0658. The van der Waals surface area contributed by atoms with Crippen molar-refractivity contribution in [1.29, 1.82) is 0 Å². The standard InChI is InChI=1S/C19H19N3O5S2/c20-14-6-8-15(9-7-14)22(16-11-28(24,25)12-17(16)23)29(26,27)18-5-1-3-13-4-2-10-21-19(13)18/h1-10,16-17,23H,11-12,20H2/t16-,17+/m0/s1. The summed E-state index contributed by atoms with van der Waals surface area (Å²) in [6.45, 7) is 0. The van der Waals surface area contributed by atoms with Crippen LogP contribution < -0.4 is 10.0 Å². The molecule has 0 radical (unpaired) electrons. The third-order valence-electron chi connectivity index (χ3n) is 4.87. The van der Waals surface area contributed by atoms with Crippen LogP contribution in [0, 0.1) is 0 Å². The number of aromatic nitrogens is 1. The van der Waals surface area contributed by atoms with Gasteiger partial charge in [0, 0.05) is 17.3 Å². The van der Waals surface area contributed by atoms with Crippen molar-refractivity contribution in [3.63, 3.8) is 0 Å². The minimum atomic E-state index is -4.25. The lowest BCUT2D eigenvalue weighted by Crippen LogP contribution is -2.47. The molecule has 0 spiro atoms. The molecule has 3 N–H and O–H groups in total. The van der Waals surface area contributed by atoms with Gasteiger partial charge < -0.3 is 10.8 Å². The zero-order valence-corrected chi connectivity index (χ0v) is 16.8. The molecular formula is C19H19N3O5S2. The monoisotopic (exact) mass is 433 g/mol. The Bertz CT molecular complexity index is 1270. The summed E-state index contributed by atoms with van der Waals surface area (Å²) in [6, 6.07) is 13.1. The fourth-order valence-electron chi connectivity index (χ4n) is 3.55. The Kier molecular flexibility index (Phi) is 4.72. The summed E-state index contributed by atoms with van der Waals surface area (Å²) in [5.74, 6) is -0.970. The SMILES string of the molecule is Nc1ccc(N([C@H]2CS(=O)(=O)C[C@H]2O)S(=O)(=O)c2cccc3cccnc23)cc1. The maximum atomic E-state index is 13.7. The molecule has 8 nitrogen and oxygen atoms in total. The number of anilines is 2. The lowest BCUT2D eigenvalue weighted by molar-refractivity contribution is 0.184. The van der Waals surface area contributed by atoms with E-state index in [4.69, 9.17) is 5.73 Å². The number of pyridine rings is 1. The number of sulfonamides is 1. The highest BCUT2D eigenvalue weighted by molar-refractivity contribution is 7.93. The fourth-order valence-corrected chi connectivity index (χ4v) is 7.27. The van der Waals surface area contributed by atoms with Crippen LogP contribution in [0.5, 0.6) is 0 Å². The number of aliphatic hydroxyl groups is 1. The number of hydrogen-bond acceptors (Lipinski definition) is 7. The van der Waals surface area contributed by atoms with Crippen LogP contribution in [0.1, 0.15) is 0 Å². The van der Waals surface area contributed by atoms with Crippen molar-refractivity contribution < 1.29 is 21.9 Å². The van der Waals surface area contributed by atoms with E-state index in [2.05, 4.69) is 4.98 Å². The van der Waals surface area contributed by atoms with E-state index in [0.717, 1.165) is 4.31 Å². The molecule has 152 valence electrons. The molecule has 2 atom stereocenters. The van der Waals surface area contributed by atoms with Crippen molar-refractivity contribution in [2.24, 2.45) is 0 Å². The van der Waals surface area contributed by atoms with E-state index in [9.17, 15) is 21.9 Å². The van der Waals surface area contributed by atoms with Crippen LogP contribution in [0.3, 0.4) is 0 Å². The Morgan fingerprint density at radius 2 is 1.72 bits per heavy atom. The first-order valence-electron chi connectivity index (χ1n) is 8.81. The molecule has 1 aromatic heterocycles. The zero-order chi connectivity index (χ0) is 20.8. The van der Waals surface area contributed by atoms with E-state index in [1.54, 1.807) is 24.3 Å². The van der Waals surface area contributed by atoms with Gasteiger partial charge in [-0.2, -0.15) is 0 Å². The summed E-state index contributed by atoms with van der Waals surface area (Å²) in [5, 5.41) is 11.0. The predicted molar refractivity (Wildman–Crippen MR) is 111 cm³/mol. The highest BCUT2D eigenvalue weighted by Gasteiger charge is 2.45. The molecule has 29 heavy (non-hydrogen) atoms. The van der Waals surface area contributed by atoms with Gasteiger partial charge in [-0.1, -0.05) is 18.2 Å². The van der Waals surface area contributed by atoms with Gasteiger partial charge in [0.25, 0.3) is 10.0 Å². The molecule has 4 rings (SSSR count). The second-order valence-electron chi connectivity index (χ2n) is 6.94. The lowest BCUT2D eigenvalue weighted by atomic mass is 10.2. The first-order valence-corrected chi connectivity index (χ1v) is 12.1. The normalized spacial score (nSPS) is 21.3. The second-order valence-corrected chi connectivity index (χ2v) is 10.9. The highest BCUT2D eigenvalue weighted by atomic mass is 32.2. The molecule has 1 aliphatic rings. The fraction of sp³-hybridized carbons (Fsp3) is 0.211. The van der Waals surface area contributed by atoms with Crippen molar-refractivity contribution in [1.82, 2.24) is 4.98 Å². The number of hydrogen-bond donors (Lipinski definition) is 2. The summed E-state index contributed by atoms with van der Waals surface area (Å²) < 4.78 is 52.6. The van der Waals surface area contributed by atoms with E-state index in [0.29, 0.717) is 11.1 Å². The Morgan fingerprint density at radius 3 is 2.38 bits per heavy atom. The average molecular weight is 434 g/mol. The molecule has 0 saturated carbocycles. The topological polar surface area (TPSA) is 131 Å². The summed E-state index contributed by atoms with van der Waals surface area (Å²) in [5.41, 5.74) is 6.64. The maximum Gasteiger partial charge on any atom is 0.266 e. The minimum Gasteiger partial charge on any atom is -0.399 e. The van der Waals surface area contributed by atoms with E-state index in [1.807, 2.05) is 0 Å². The molecular weight excluding hydrogens is 414 g/mol. The van der Waals surface area contributed by atoms with Gasteiger partial charge in [0.15, 0.2) is 9.84 Å². The van der Waals surface area contributed by atoms with Gasteiger partial charge in [0.05, 0.1) is 34.9 Å². The third kappa shape index (κ3) is 3.54. The summed E-state index contributed by atoms with van der Waals surface area (Å²) in [7, 11) is -7.84. The van der Waals surface area contributed by atoms with Gasteiger partial charge in [-0.3, -0.25) is 9.29 Å². The number of rotatable bonds is 4. The quantitative estimate of drug-likeness (QED) is 0.591. The number of fused-ring (bicyclic) bond motifs is 1. The number of nitrogen functional groups attached to an aromatic ring is 1. The number of para-hydroxylation sites is 1. The lowest BCUT2D eigenvalue weighted by Gasteiger charge is -2.31. The molecule has 1 saturated heterocycles. The van der Waals surface area contributed by atoms with Crippen molar-refractivity contribution >= 4 is 42.1 Å². The Hall–Kier alpha value is -2.69. The Labute approximate surface area is 168 Å². The Balaban J connectivity index is 1.94. The first kappa shape index (κ1) is 19.6. The second kappa shape index (κ2) is 6.97. The molecule has 3 aromatic rings. The summed E-state index contributed by atoms with van der Waals surface area (Å²) in [6.07, 6.45) is 0.138. The maximum absolute atomic E-state index is 13.7. The third-order valence-corrected chi connectivity index (χ3v) is 8.46. The molecule has 2 aromatic carbocycles. The molecule has 1 aliphatic heterocycles. The molecule has 1 fully saturated rings. The van der Waals surface area contributed by atoms with Crippen LogP contribution >= 0.6 is 0 Å². The number of benzene rings is 2. The molecule has 10 heteroatoms. The number of sulfone groups is 1. The van der Waals surface area contributed by atoms with Crippen molar-refractivity contribution in [3.8, 4) is 0 Å².